The summed E-state index contributed by atoms with van der Waals surface area (Å²) in [5, 5.41) is 13.3. The molecule has 0 bridgehead atoms. The van der Waals surface area contributed by atoms with Crippen molar-refractivity contribution in [3.8, 4) is 0 Å². The van der Waals surface area contributed by atoms with Crippen molar-refractivity contribution in [1.82, 2.24) is 10.2 Å². The first-order valence-corrected chi connectivity index (χ1v) is 7.37. The maximum Gasteiger partial charge on any atom is 0.317 e. The van der Waals surface area contributed by atoms with Gasteiger partial charge in [-0.3, -0.25) is 0 Å². The van der Waals surface area contributed by atoms with Crippen molar-refractivity contribution in [2.24, 2.45) is 5.92 Å². The van der Waals surface area contributed by atoms with Crippen molar-refractivity contribution in [2.45, 2.75) is 25.9 Å². The summed E-state index contributed by atoms with van der Waals surface area (Å²) in [6, 6.07) is 7.53. The second-order valence-corrected chi connectivity index (χ2v) is 5.95. The molecule has 2 rings (SSSR count). The molecular weight excluding hydrogens is 276 g/mol. The Morgan fingerprint density at radius 2 is 2.30 bits per heavy atom. The number of aliphatic hydroxyl groups is 1. The van der Waals surface area contributed by atoms with Gasteiger partial charge in [-0.25, -0.2) is 4.79 Å². The smallest absolute Gasteiger partial charge is 0.317 e. The van der Waals surface area contributed by atoms with Crippen LogP contribution in [0.1, 0.15) is 18.9 Å². The molecule has 4 nitrogen and oxygen atoms in total. The van der Waals surface area contributed by atoms with Crippen LogP contribution in [0.25, 0.3) is 0 Å². The van der Waals surface area contributed by atoms with Crippen molar-refractivity contribution in [1.29, 1.82) is 0 Å². The number of aliphatic hydroxyl groups excluding tert-OH is 1. The largest absolute Gasteiger partial charge is 0.391 e. The predicted molar refractivity (Wildman–Crippen MR) is 79.9 cm³/mol. The Balaban J connectivity index is 1.77. The molecule has 1 fully saturated rings. The molecule has 2 N–H and O–H groups in total. The lowest BCUT2D eigenvalue weighted by Crippen LogP contribution is -2.49. The number of rotatable bonds is 3. The molecule has 1 aliphatic rings. The lowest BCUT2D eigenvalue weighted by Gasteiger charge is -2.34. The second kappa shape index (κ2) is 6.95. The van der Waals surface area contributed by atoms with Crippen LogP contribution in [0.15, 0.2) is 24.3 Å². The molecular formula is C15H21ClN2O2. The maximum atomic E-state index is 12.0. The molecule has 1 saturated heterocycles. The van der Waals surface area contributed by atoms with Gasteiger partial charge in [0.25, 0.3) is 0 Å². The van der Waals surface area contributed by atoms with E-state index in [1.54, 1.807) is 4.90 Å². The number of hydrogen-bond donors (Lipinski definition) is 2. The van der Waals surface area contributed by atoms with Gasteiger partial charge in [-0.05, 0) is 36.5 Å². The molecule has 110 valence electrons. The standard InChI is InChI=1S/C15H21ClN2O2/c1-11-7-14(19)10-18(9-11)15(20)17-6-5-12-3-2-4-13(16)8-12/h2-4,8,11,14,19H,5-7,9-10H2,1H3,(H,17,20)/t11-,14+/m1/s1. The summed E-state index contributed by atoms with van der Waals surface area (Å²) >= 11 is 5.92. The number of benzene rings is 1. The number of hydrogen-bond acceptors (Lipinski definition) is 2. The van der Waals surface area contributed by atoms with E-state index in [0.717, 1.165) is 18.4 Å². The zero-order valence-electron chi connectivity index (χ0n) is 11.7. The van der Waals surface area contributed by atoms with E-state index in [1.165, 1.54) is 0 Å². The van der Waals surface area contributed by atoms with Crippen LogP contribution in [-0.4, -0.2) is 41.8 Å². The Hall–Kier alpha value is -1.26. The molecule has 0 radical (unpaired) electrons. The number of nitrogens with zero attached hydrogens (tertiary/aromatic N) is 1. The lowest BCUT2D eigenvalue weighted by molar-refractivity contribution is 0.0605. The summed E-state index contributed by atoms with van der Waals surface area (Å²) < 4.78 is 0. The molecule has 0 spiro atoms. The first-order chi connectivity index (χ1) is 9.54. The highest BCUT2D eigenvalue weighted by Crippen LogP contribution is 2.16. The molecule has 1 aliphatic heterocycles. The van der Waals surface area contributed by atoms with Crippen LogP contribution in [0.2, 0.25) is 5.02 Å². The maximum absolute atomic E-state index is 12.0. The van der Waals surface area contributed by atoms with Crippen molar-refractivity contribution in [3.05, 3.63) is 34.9 Å². The van der Waals surface area contributed by atoms with Gasteiger partial charge in [-0.1, -0.05) is 30.7 Å². The van der Waals surface area contributed by atoms with Crippen LogP contribution in [0.3, 0.4) is 0 Å². The van der Waals surface area contributed by atoms with Gasteiger partial charge in [0.05, 0.1) is 6.10 Å². The van der Waals surface area contributed by atoms with Gasteiger partial charge >= 0.3 is 6.03 Å². The Kier molecular flexibility index (Phi) is 5.26. The van der Waals surface area contributed by atoms with Gasteiger partial charge in [0, 0.05) is 24.7 Å². The average molecular weight is 297 g/mol. The normalized spacial score (nSPS) is 22.6. The summed E-state index contributed by atoms with van der Waals surface area (Å²) in [6.07, 6.45) is 1.11. The highest BCUT2D eigenvalue weighted by atomic mass is 35.5. The Labute approximate surface area is 124 Å². The van der Waals surface area contributed by atoms with E-state index >= 15 is 0 Å². The third-order valence-electron chi connectivity index (χ3n) is 3.50. The minimum absolute atomic E-state index is 0.0994. The fraction of sp³-hybridized carbons (Fsp3) is 0.533. The van der Waals surface area contributed by atoms with E-state index in [-0.39, 0.29) is 6.03 Å². The SMILES string of the molecule is C[C@@H]1C[C@H](O)CN(C(=O)NCCc2cccc(Cl)c2)C1. The highest BCUT2D eigenvalue weighted by Gasteiger charge is 2.26. The lowest BCUT2D eigenvalue weighted by atomic mass is 9.98. The van der Waals surface area contributed by atoms with Crippen LogP contribution in [0.5, 0.6) is 0 Å². The number of halogens is 1. The third-order valence-corrected chi connectivity index (χ3v) is 3.74. The minimum Gasteiger partial charge on any atom is -0.391 e. The van der Waals surface area contributed by atoms with Gasteiger partial charge in [0.15, 0.2) is 0 Å². The number of urea groups is 1. The van der Waals surface area contributed by atoms with Crippen LogP contribution in [-0.2, 0) is 6.42 Å². The van der Waals surface area contributed by atoms with Gasteiger partial charge in [-0.2, -0.15) is 0 Å². The fourth-order valence-corrected chi connectivity index (χ4v) is 2.82. The van der Waals surface area contributed by atoms with E-state index in [2.05, 4.69) is 12.2 Å². The summed E-state index contributed by atoms with van der Waals surface area (Å²) in [4.78, 5) is 13.7. The van der Waals surface area contributed by atoms with E-state index in [0.29, 0.717) is 30.6 Å². The van der Waals surface area contributed by atoms with E-state index in [4.69, 9.17) is 11.6 Å². The first kappa shape index (κ1) is 15.1. The number of β-amino-alcohol motifs (C(OH)–C–C–N with tert-alkyl or cyclic N) is 1. The van der Waals surface area contributed by atoms with Crippen LogP contribution in [0.4, 0.5) is 4.79 Å². The predicted octanol–water partition coefficient (Wildman–Crippen LogP) is 2.29. The number of likely N-dealkylation sites (tertiary alicyclic amines) is 1. The molecule has 20 heavy (non-hydrogen) atoms. The van der Waals surface area contributed by atoms with Crippen LogP contribution < -0.4 is 5.32 Å². The molecule has 1 aromatic rings. The number of piperidine rings is 1. The molecule has 0 saturated carbocycles. The first-order valence-electron chi connectivity index (χ1n) is 7.00. The van der Waals surface area contributed by atoms with Gasteiger partial charge < -0.3 is 15.3 Å². The van der Waals surface area contributed by atoms with Crippen LogP contribution in [0, 0.1) is 5.92 Å². The third kappa shape index (κ3) is 4.39. The quantitative estimate of drug-likeness (QED) is 0.899. The van der Waals surface area contributed by atoms with Crippen molar-refractivity contribution >= 4 is 17.6 Å². The summed E-state index contributed by atoms with van der Waals surface area (Å²) in [6.45, 7) is 3.75. The number of amides is 2. The van der Waals surface area contributed by atoms with Gasteiger partial charge in [0.1, 0.15) is 0 Å². The fourth-order valence-electron chi connectivity index (χ4n) is 2.60. The van der Waals surface area contributed by atoms with Crippen molar-refractivity contribution in [2.75, 3.05) is 19.6 Å². The van der Waals surface area contributed by atoms with E-state index < -0.39 is 6.10 Å². The molecule has 2 atom stereocenters. The van der Waals surface area contributed by atoms with Gasteiger partial charge in [-0.15, -0.1) is 0 Å². The molecule has 0 unspecified atom stereocenters. The number of carbonyl (C=O) groups excluding carboxylic acids is 1. The summed E-state index contributed by atoms with van der Waals surface area (Å²) in [5.41, 5.74) is 1.10. The highest BCUT2D eigenvalue weighted by molar-refractivity contribution is 6.30. The second-order valence-electron chi connectivity index (χ2n) is 5.51. The Morgan fingerprint density at radius 3 is 3.00 bits per heavy atom. The molecule has 5 heteroatoms. The average Bonchev–Trinajstić information content (AvgIpc) is 2.37. The zero-order valence-corrected chi connectivity index (χ0v) is 12.4. The zero-order chi connectivity index (χ0) is 14.5. The van der Waals surface area contributed by atoms with E-state index in [9.17, 15) is 9.90 Å². The Bertz CT molecular complexity index is 457. The summed E-state index contributed by atoms with van der Waals surface area (Å²) in [5.74, 6) is 0.345. The van der Waals surface area contributed by atoms with E-state index in [1.807, 2.05) is 24.3 Å². The molecule has 0 aromatic heterocycles. The molecule has 2 amide bonds. The Morgan fingerprint density at radius 1 is 1.50 bits per heavy atom. The molecule has 0 aliphatic carbocycles. The van der Waals surface area contributed by atoms with Crippen LogP contribution >= 0.6 is 11.6 Å². The van der Waals surface area contributed by atoms with Gasteiger partial charge in [0.2, 0.25) is 0 Å². The summed E-state index contributed by atoms with van der Waals surface area (Å²) in [7, 11) is 0. The number of carbonyl (C=O) groups is 1. The van der Waals surface area contributed by atoms with Crippen molar-refractivity contribution < 1.29 is 9.90 Å². The monoisotopic (exact) mass is 296 g/mol. The van der Waals surface area contributed by atoms with Crippen molar-refractivity contribution in [3.63, 3.8) is 0 Å². The molecule has 1 aromatic carbocycles. The minimum atomic E-state index is -0.405. The molecule has 1 heterocycles. The topological polar surface area (TPSA) is 52.6 Å². The number of nitrogens with one attached hydrogen (secondary N) is 1.